The van der Waals surface area contributed by atoms with Crippen molar-refractivity contribution < 1.29 is 0 Å². The van der Waals surface area contributed by atoms with E-state index in [0.29, 0.717) is 17.8 Å². The van der Waals surface area contributed by atoms with Gasteiger partial charge < -0.3 is 5.32 Å². The van der Waals surface area contributed by atoms with Gasteiger partial charge in [-0.2, -0.15) is 15.0 Å². The Morgan fingerprint density at radius 2 is 2.14 bits per heavy atom. The lowest BCUT2D eigenvalue weighted by Crippen LogP contribution is -2.10. The van der Waals surface area contributed by atoms with Gasteiger partial charge in [0.05, 0.1) is 0 Å². The van der Waals surface area contributed by atoms with E-state index in [9.17, 15) is 0 Å². The van der Waals surface area contributed by atoms with E-state index in [-0.39, 0.29) is 0 Å². The molecule has 0 radical (unpaired) electrons. The summed E-state index contributed by atoms with van der Waals surface area (Å²) in [4.78, 5) is 17.5. The van der Waals surface area contributed by atoms with Gasteiger partial charge in [-0.05, 0) is 18.8 Å². The van der Waals surface area contributed by atoms with Crippen molar-refractivity contribution >= 4 is 17.7 Å². The van der Waals surface area contributed by atoms with Crippen LogP contribution in [0.4, 0.5) is 5.95 Å². The molecule has 114 valence electrons. The molecular formula is C14H22N6S. The fraction of sp³-hybridized carbons (Fsp3) is 0.571. The largest absolute Gasteiger partial charge is 0.354 e. The van der Waals surface area contributed by atoms with Gasteiger partial charge in [0, 0.05) is 24.7 Å². The zero-order valence-electron chi connectivity index (χ0n) is 12.8. The molecule has 0 aliphatic carbocycles. The molecular weight excluding hydrogens is 284 g/mol. The molecule has 21 heavy (non-hydrogen) atoms. The number of nitrogens with one attached hydrogen (secondary N) is 1. The molecule has 1 N–H and O–H groups in total. The van der Waals surface area contributed by atoms with Crippen LogP contribution in [0.3, 0.4) is 0 Å². The molecule has 0 saturated carbocycles. The van der Waals surface area contributed by atoms with Crippen molar-refractivity contribution in [2.75, 3.05) is 17.6 Å². The van der Waals surface area contributed by atoms with Crippen LogP contribution in [0.25, 0.3) is 5.95 Å². The molecule has 7 heteroatoms. The molecule has 2 aromatic heterocycles. The minimum absolute atomic E-state index is 0.605. The molecule has 2 aromatic rings. The van der Waals surface area contributed by atoms with E-state index in [4.69, 9.17) is 0 Å². The van der Waals surface area contributed by atoms with Crippen LogP contribution in [0.5, 0.6) is 0 Å². The maximum atomic E-state index is 4.50. The van der Waals surface area contributed by atoms with Gasteiger partial charge >= 0.3 is 0 Å². The maximum absolute atomic E-state index is 4.50. The molecule has 6 nitrogen and oxygen atoms in total. The third kappa shape index (κ3) is 5.00. The molecule has 0 bridgehead atoms. The number of hydrogen-bond donors (Lipinski definition) is 1. The monoisotopic (exact) mass is 306 g/mol. The van der Waals surface area contributed by atoms with Crippen molar-refractivity contribution in [1.29, 1.82) is 0 Å². The Morgan fingerprint density at radius 3 is 2.81 bits per heavy atom. The van der Waals surface area contributed by atoms with Crippen LogP contribution in [-0.4, -0.2) is 36.8 Å². The highest BCUT2D eigenvalue weighted by Gasteiger charge is 2.08. The summed E-state index contributed by atoms with van der Waals surface area (Å²) in [6.45, 7) is 7.41. The van der Waals surface area contributed by atoms with Crippen LogP contribution in [-0.2, 0) is 0 Å². The van der Waals surface area contributed by atoms with E-state index >= 15 is 0 Å². The first-order valence-electron chi connectivity index (χ1n) is 7.30. The zero-order chi connectivity index (χ0) is 15.1. The second-order valence-corrected chi connectivity index (χ2v) is 6.23. The smallest absolute Gasteiger partial charge is 0.240 e. The molecule has 0 atom stereocenters. The third-order valence-corrected chi connectivity index (χ3v) is 3.68. The van der Waals surface area contributed by atoms with Crippen molar-refractivity contribution in [3.05, 3.63) is 18.7 Å². The number of rotatable bonds is 8. The number of hydrogen-bond acceptors (Lipinski definition) is 6. The average Bonchev–Trinajstić information content (AvgIpc) is 2.99. The van der Waals surface area contributed by atoms with E-state index in [0.717, 1.165) is 30.3 Å². The van der Waals surface area contributed by atoms with Gasteiger partial charge in [-0.3, -0.25) is 4.57 Å². The summed E-state index contributed by atoms with van der Waals surface area (Å²) in [7, 11) is 0. The van der Waals surface area contributed by atoms with Crippen molar-refractivity contribution in [3.8, 4) is 5.95 Å². The lowest BCUT2D eigenvalue weighted by molar-refractivity contribution is 0.631. The summed E-state index contributed by atoms with van der Waals surface area (Å²) in [6, 6.07) is 0. The van der Waals surface area contributed by atoms with E-state index in [1.165, 1.54) is 0 Å². The fourth-order valence-corrected chi connectivity index (χ4v) is 2.67. The highest BCUT2D eigenvalue weighted by Crippen LogP contribution is 2.18. The van der Waals surface area contributed by atoms with E-state index in [1.807, 2.05) is 6.20 Å². The van der Waals surface area contributed by atoms with Crippen LogP contribution in [0, 0.1) is 5.92 Å². The summed E-state index contributed by atoms with van der Waals surface area (Å²) in [6.07, 6.45) is 7.42. The Hall–Kier alpha value is -1.63. The van der Waals surface area contributed by atoms with Gasteiger partial charge in [-0.15, -0.1) is 0 Å². The lowest BCUT2D eigenvalue weighted by Gasteiger charge is -2.09. The van der Waals surface area contributed by atoms with Crippen LogP contribution in [0.15, 0.2) is 23.9 Å². The predicted octanol–water partition coefficient (Wildman–Crippen LogP) is 3.02. The first-order chi connectivity index (χ1) is 10.2. The van der Waals surface area contributed by atoms with Gasteiger partial charge in [0.15, 0.2) is 5.16 Å². The number of thioether (sulfide) groups is 1. The maximum Gasteiger partial charge on any atom is 0.240 e. The average molecular weight is 306 g/mol. The Bertz CT molecular complexity index is 540. The summed E-state index contributed by atoms with van der Waals surface area (Å²) < 4.78 is 1.80. The SMILES string of the molecule is CCCNc1nc(SCCC(C)C)nc(-n2ccnc2)n1. The minimum Gasteiger partial charge on any atom is -0.354 e. The van der Waals surface area contributed by atoms with Crippen molar-refractivity contribution in [2.45, 2.75) is 38.8 Å². The van der Waals surface area contributed by atoms with Gasteiger partial charge in [-0.25, -0.2) is 4.98 Å². The normalized spacial score (nSPS) is 11.0. The van der Waals surface area contributed by atoms with Gasteiger partial charge in [-0.1, -0.05) is 32.5 Å². The summed E-state index contributed by atoms with van der Waals surface area (Å²) >= 11 is 1.67. The van der Waals surface area contributed by atoms with E-state index < -0.39 is 0 Å². The molecule has 2 rings (SSSR count). The molecule has 0 aliphatic rings. The number of anilines is 1. The second-order valence-electron chi connectivity index (χ2n) is 5.17. The third-order valence-electron chi connectivity index (χ3n) is 2.80. The molecule has 0 aliphatic heterocycles. The minimum atomic E-state index is 0.605. The molecule has 0 saturated heterocycles. The Kier molecular flexibility index (Phi) is 5.98. The first kappa shape index (κ1) is 15.8. The van der Waals surface area contributed by atoms with Crippen molar-refractivity contribution in [3.63, 3.8) is 0 Å². The van der Waals surface area contributed by atoms with Gasteiger partial charge in [0.1, 0.15) is 6.33 Å². The molecule has 0 aromatic carbocycles. The number of aromatic nitrogens is 5. The number of nitrogens with zero attached hydrogens (tertiary/aromatic N) is 5. The van der Waals surface area contributed by atoms with Crippen LogP contribution in [0.1, 0.15) is 33.6 Å². The Morgan fingerprint density at radius 1 is 1.29 bits per heavy atom. The van der Waals surface area contributed by atoms with E-state index in [2.05, 4.69) is 46.0 Å². The summed E-state index contributed by atoms with van der Waals surface area (Å²) in [5.41, 5.74) is 0. The molecule has 0 fully saturated rings. The van der Waals surface area contributed by atoms with Gasteiger partial charge in [0.25, 0.3) is 0 Å². The highest BCUT2D eigenvalue weighted by molar-refractivity contribution is 7.99. The summed E-state index contributed by atoms with van der Waals surface area (Å²) in [5, 5.41) is 3.98. The van der Waals surface area contributed by atoms with E-state index in [1.54, 1.807) is 28.9 Å². The standard InChI is InChI=1S/C14H22N6S/c1-4-6-16-12-17-13(20-8-7-15-10-20)19-14(18-12)21-9-5-11(2)3/h7-8,10-11H,4-6,9H2,1-3H3,(H,16,17,18,19). The van der Waals surface area contributed by atoms with Crippen LogP contribution >= 0.6 is 11.8 Å². The fourth-order valence-electron chi connectivity index (χ4n) is 1.61. The quantitative estimate of drug-likeness (QED) is 0.756. The van der Waals surface area contributed by atoms with Crippen molar-refractivity contribution in [2.24, 2.45) is 5.92 Å². The van der Waals surface area contributed by atoms with Crippen LogP contribution < -0.4 is 5.32 Å². The molecule has 0 unspecified atom stereocenters. The first-order valence-corrected chi connectivity index (χ1v) is 8.28. The molecule has 0 amide bonds. The predicted molar refractivity (Wildman–Crippen MR) is 85.9 cm³/mol. The highest BCUT2D eigenvalue weighted by atomic mass is 32.2. The van der Waals surface area contributed by atoms with Crippen molar-refractivity contribution in [1.82, 2.24) is 24.5 Å². The summed E-state index contributed by atoms with van der Waals surface area (Å²) in [5.74, 6) is 2.93. The molecule has 2 heterocycles. The Labute approximate surface area is 129 Å². The van der Waals surface area contributed by atoms with Crippen LogP contribution in [0.2, 0.25) is 0 Å². The lowest BCUT2D eigenvalue weighted by atomic mass is 10.2. The number of imidazole rings is 1. The molecule has 0 spiro atoms. The second kappa shape index (κ2) is 7.97. The Balaban J connectivity index is 2.16. The zero-order valence-corrected chi connectivity index (χ0v) is 13.6. The topological polar surface area (TPSA) is 68.5 Å². The van der Waals surface area contributed by atoms with Gasteiger partial charge in [0.2, 0.25) is 11.9 Å².